The lowest BCUT2D eigenvalue weighted by Gasteiger charge is -2.39. The average molecular weight is 638 g/mol. The van der Waals surface area contributed by atoms with Gasteiger partial charge in [-0.1, -0.05) is 86.3 Å². The second kappa shape index (κ2) is 24.8. The summed E-state index contributed by atoms with van der Waals surface area (Å²) >= 11 is 0. The standard InChI is InChI=1S/C24H44N2O5.C10H17NO.C2H6/c1-9-17(4)23(25(6)21(28)13-16(2)3)20(30-7)14-22(29)26-12-10-11-19(26)24(31-8)18(5)15-27;1-5-7-9(6-2)10(12)8(3)11-4;1-2/h15-20,23-24H,9-14H2,1-8H3;5-8,10-12H,1-2H2,3-4H3;1-2H3/b;9-7+;. The monoisotopic (exact) mass is 638 g/mol. The normalized spacial score (nSPS) is 19.4. The lowest BCUT2D eigenvalue weighted by atomic mass is 9.90. The number of allylic oxidation sites excluding steroid dienone is 2. The summed E-state index contributed by atoms with van der Waals surface area (Å²) in [5.74, 6) is 0.247. The van der Waals surface area contributed by atoms with Gasteiger partial charge in [-0.3, -0.25) is 9.59 Å². The van der Waals surface area contributed by atoms with Crippen LogP contribution in [-0.4, -0.2) is 104 Å². The number of ether oxygens (including phenoxy) is 2. The molecular weight excluding hydrogens is 570 g/mol. The number of aliphatic hydroxyl groups excluding tert-OH is 1. The van der Waals surface area contributed by atoms with E-state index in [1.165, 1.54) is 0 Å². The van der Waals surface area contributed by atoms with Crippen LogP contribution >= 0.6 is 0 Å². The van der Waals surface area contributed by atoms with Crippen molar-refractivity contribution in [2.24, 2.45) is 17.8 Å². The van der Waals surface area contributed by atoms with Crippen molar-refractivity contribution in [2.75, 3.05) is 34.9 Å². The minimum absolute atomic E-state index is 0.00693. The molecule has 262 valence electrons. The van der Waals surface area contributed by atoms with Crippen LogP contribution in [0.1, 0.15) is 87.5 Å². The molecule has 0 aromatic carbocycles. The van der Waals surface area contributed by atoms with Gasteiger partial charge in [-0.15, -0.1) is 0 Å². The number of amides is 2. The van der Waals surface area contributed by atoms with Crippen LogP contribution in [0.5, 0.6) is 0 Å². The number of aldehydes is 1. The van der Waals surface area contributed by atoms with Crippen molar-refractivity contribution in [3.05, 3.63) is 37.0 Å². The van der Waals surface area contributed by atoms with Crippen LogP contribution in [0.3, 0.4) is 0 Å². The highest BCUT2D eigenvalue weighted by molar-refractivity contribution is 5.79. The van der Waals surface area contributed by atoms with E-state index in [0.717, 1.165) is 31.1 Å². The molecule has 1 aliphatic rings. The summed E-state index contributed by atoms with van der Waals surface area (Å²) < 4.78 is 11.4. The third-order valence-corrected chi connectivity index (χ3v) is 8.53. The van der Waals surface area contributed by atoms with Gasteiger partial charge in [0.25, 0.3) is 0 Å². The molecule has 0 aromatic heterocycles. The van der Waals surface area contributed by atoms with Crippen molar-refractivity contribution in [1.29, 1.82) is 0 Å². The molecule has 0 aromatic rings. The van der Waals surface area contributed by atoms with Crippen LogP contribution in [-0.2, 0) is 23.9 Å². The lowest BCUT2D eigenvalue weighted by molar-refractivity contribution is -0.145. The molecule has 9 heteroatoms. The fourth-order valence-electron chi connectivity index (χ4n) is 5.64. The maximum atomic E-state index is 13.3. The number of carbonyl (C=O) groups excluding carboxylic acids is 3. The fourth-order valence-corrected chi connectivity index (χ4v) is 5.64. The van der Waals surface area contributed by atoms with E-state index in [2.05, 4.69) is 32.3 Å². The predicted molar refractivity (Wildman–Crippen MR) is 186 cm³/mol. The highest BCUT2D eigenvalue weighted by Crippen LogP contribution is 2.29. The van der Waals surface area contributed by atoms with E-state index >= 15 is 0 Å². The molecule has 8 atom stereocenters. The molecule has 9 nitrogen and oxygen atoms in total. The van der Waals surface area contributed by atoms with Crippen LogP contribution in [0.4, 0.5) is 0 Å². The largest absolute Gasteiger partial charge is 0.387 e. The number of likely N-dealkylation sites (tertiary alicyclic amines) is 1. The Balaban J connectivity index is 0. The highest BCUT2D eigenvalue weighted by Gasteiger charge is 2.40. The summed E-state index contributed by atoms with van der Waals surface area (Å²) in [4.78, 5) is 41.1. The summed E-state index contributed by atoms with van der Waals surface area (Å²) in [6.07, 6.45) is 7.96. The summed E-state index contributed by atoms with van der Waals surface area (Å²) in [7, 11) is 6.84. The summed E-state index contributed by atoms with van der Waals surface area (Å²) in [6.45, 7) is 23.8. The molecule has 0 saturated carbocycles. The van der Waals surface area contributed by atoms with Crippen molar-refractivity contribution < 1.29 is 29.0 Å². The van der Waals surface area contributed by atoms with E-state index in [-0.39, 0.29) is 60.2 Å². The first kappa shape index (κ1) is 44.8. The van der Waals surface area contributed by atoms with Gasteiger partial charge < -0.3 is 34.5 Å². The summed E-state index contributed by atoms with van der Waals surface area (Å²) in [6, 6.07) is -0.273. The molecule has 2 N–H and O–H groups in total. The number of hydrogen-bond acceptors (Lipinski definition) is 7. The summed E-state index contributed by atoms with van der Waals surface area (Å²) in [5, 5.41) is 12.6. The van der Waals surface area contributed by atoms with Crippen molar-refractivity contribution in [3.8, 4) is 0 Å². The number of nitrogens with one attached hydrogen (secondary N) is 1. The zero-order valence-corrected chi connectivity index (χ0v) is 30.5. The Kier molecular flexibility index (Phi) is 24.7. The Bertz CT molecular complexity index is 892. The Morgan fingerprint density at radius 2 is 1.69 bits per heavy atom. The van der Waals surface area contributed by atoms with Crippen molar-refractivity contribution in [3.63, 3.8) is 0 Å². The van der Waals surface area contributed by atoms with Crippen LogP contribution in [0.25, 0.3) is 0 Å². The lowest BCUT2D eigenvalue weighted by Crippen LogP contribution is -2.52. The Labute approximate surface area is 275 Å². The maximum Gasteiger partial charge on any atom is 0.225 e. The zero-order chi connectivity index (χ0) is 35.3. The number of rotatable bonds is 18. The van der Waals surface area contributed by atoms with Gasteiger partial charge in [-0.2, -0.15) is 0 Å². The number of methoxy groups -OCH3 is 2. The number of nitrogens with zero attached hydrogens (tertiary/aromatic N) is 2. The Morgan fingerprint density at radius 1 is 1.09 bits per heavy atom. The van der Waals surface area contributed by atoms with E-state index in [4.69, 9.17) is 9.47 Å². The molecular formula is C36H67N3O6. The van der Waals surface area contributed by atoms with E-state index in [1.54, 1.807) is 37.3 Å². The molecule has 8 unspecified atom stereocenters. The van der Waals surface area contributed by atoms with Gasteiger partial charge in [-0.05, 0) is 44.2 Å². The number of aliphatic hydroxyl groups is 1. The van der Waals surface area contributed by atoms with Crippen molar-refractivity contribution in [2.45, 2.75) is 124 Å². The molecule has 1 heterocycles. The second-order valence-electron chi connectivity index (χ2n) is 12.1. The fraction of sp³-hybridized carbons (Fsp3) is 0.750. The van der Waals surface area contributed by atoms with Crippen LogP contribution in [0.2, 0.25) is 0 Å². The minimum Gasteiger partial charge on any atom is -0.387 e. The number of hydrogen-bond donors (Lipinski definition) is 2. The molecule has 1 fully saturated rings. The number of likely N-dealkylation sites (N-methyl/N-ethyl adjacent to an activating group) is 2. The molecule has 0 aliphatic carbocycles. The SMILES string of the molecule is C=C/C=C(\C=C)C(O)C(C)NC.CC.CCC(C)C(C(CC(=O)N1CCCC1C(OC)C(C)C=O)OC)N(C)C(=O)CC(C)C. The topological polar surface area (TPSA) is 108 Å². The first-order chi connectivity index (χ1) is 21.3. The molecule has 0 radical (unpaired) electrons. The second-order valence-corrected chi connectivity index (χ2v) is 12.1. The van der Waals surface area contributed by atoms with Gasteiger partial charge in [0.15, 0.2) is 0 Å². The van der Waals surface area contributed by atoms with Gasteiger partial charge >= 0.3 is 0 Å². The third kappa shape index (κ3) is 14.8. The van der Waals surface area contributed by atoms with Crippen LogP contribution in [0.15, 0.2) is 37.0 Å². The highest BCUT2D eigenvalue weighted by atomic mass is 16.5. The Morgan fingerprint density at radius 3 is 2.11 bits per heavy atom. The first-order valence-corrected chi connectivity index (χ1v) is 16.7. The van der Waals surface area contributed by atoms with Crippen LogP contribution < -0.4 is 5.32 Å². The smallest absolute Gasteiger partial charge is 0.225 e. The van der Waals surface area contributed by atoms with Gasteiger partial charge in [0, 0.05) is 46.2 Å². The average Bonchev–Trinajstić information content (AvgIpc) is 3.52. The van der Waals surface area contributed by atoms with Crippen molar-refractivity contribution in [1.82, 2.24) is 15.1 Å². The Hall–Kier alpha value is -2.33. The molecule has 1 aliphatic heterocycles. The van der Waals surface area contributed by atoms with E-state index in [0.29, 0.717) is 13.0 Å². The first-order valence-electron chi connectivity index (χ1n) is 16.7. The molecule has 1 saturated heterocycles. The zero-order valence-electron chi connectivity index (χ0n) is 30.5. The molecule has 45 heavy (non-hydrogen) atoms. The van der Waals surface area contributed by atoms with E-state index in [1.807, 2.05) is 60.5 Å². The maximum absolute atomic E-state index is 13.3. The van der Waals surface area contributed by atoms with Gasteiger partial charge in [0.05, 0.1) is 36.8 Å². The van der Waals surface area contributed by atoms with Gasteiger partial charge in [-0.25, -0.2) is 0 Å². The number of carbonyl (C=O) groups is 3. The molecule has 0 spiro atoms. The molecule has 1 rings (SSSR count). The predicted octanol–water partition coefficient (Wildman–Crippen LogP) is 5.43. The third-order valence-electron chi connectivity index (χ3n) is 8.53. The van der Waals surface area contributed by atoms with E-state index in [9.17, 15) is 19.5 Å². The minimum atomic E-state index is -0.523. The molecule has 2 amide bonds. The van der Waals surface area contributed by atoms with E-state index < -0.39 is 12.2 Å². The van der Waals surface area contributed by atoms with Crippen molar-refractivity contribution >= 4 is 18.1 Å². The van der Waals surface area contributed by atoms with Gasteiger partial charge in [0.1, 0.15) is 6.29 Å². The van der Waals surface area contributed by atoms with Crippen LogP contribution in [0, 0.1) is 17.8 Å². The molecule has 0 bridgehead atoms. The summed E-state index contributed by atoms with van der Waals surface area (Å²) in [5.41, 5.74) is 0.784. The quantitative estimate of drug-likeness (QED) is 0.152. The van der Waals surface area contributed by atoms with Gasteiger partial charge in [0.2, 0.25) is 11.8 Å².